The number of benzene rings is 1. The second-order valence-electron chi connectivity index (χ2n) is 3.26. The monoisotopic (exact) mass is 176 g/mol. The van der Waals surface area contributed by atoms with Gasteiger partial charge in [-0.3, -0.25) is 4.79 Å². The summed E-state index contributed by atoms with van der Waals surface area (Å²) in [6.07, 6.45) is 1.09. The first kappa shape index (κ1) is 8.45. The van der Waals surface area contributed by atoms with E-state index in [-0.39, 0.29) is 6.10 Å². The van der Waals surface area contributed by atoms with Crippen LogP contribution in [0, 0.1) is 0 Å². The molecule has 0 unspecified atom stereocenters. The molecule has 0 bridgehead atoms. The molecule has 13 heavy (non-hydrogen) atoms. The Balaban J connectivity index is 2.13. The van der Waals surface area contributed by atoms with Crippen molar-refractivity contribution in [3.8, 4) is 0 Å². The Morgan fingerprint density at radius 3 is 2.69 bits per heavy atom. The number of ketones is 1. The van der Waals surface area contributed by atoms with Gasteiger partial charge in [-0.05, 0) is 5.56 Å². The van der Waals surface area contributed by atoms with Crippen LogP contribution in [0.25, 0.3) is 0 Å². The zero-order chi connectivity index (χ0) is 9.10. The highest BCUT2D eigenvalue weighted by Gasteiger charge is 2.20. The highest BCUT2D eigenvalue weighted by molar-refractivity contribution is 5.79. The molecule has 2 rings (SSSR count). The molecule has 1 aliphatic rings. The van der Waals surface area contributed by atoms with Crippen molar-refractivity contribution in [2.45, 2.75) is 18.9 Å². The van der Waals surface area contributed by atoms with Gasteiger partial charge in [0.2, 0.25) is 0 Å². The average molecular weight is 176 g/mol. The van der Waals surface area contributed by atoms with E-state index >= 15 is 0 Å². The van der Waals surface area contributed by atoms with E-state index in [0.717, 1.165) is 5.56 Å². The minimum atomic E-state index is -0.0116. The minimum absolute atomic E-state index is 0.0116. The average Bonchev–Trinajstić information content (AvgIpc) is 2.19. The fraction of sp³-hybridized carbons (Fsp3) is 0.364. The third kappa shape index (κ3) is 1.95. The van der Waals surface area contributed by atoms with E-state index in [1.54, 1.807) is 0 Å². The normalized spacial score (nSPS) is 23.1. The third-order valence-electron chi connectivity index (χ3n) is 2.28. The molecule has 1 saturated heterocycles. The van der Waals surface area contributed by atoms with Crippen LogP contribution < -0.4 is 0 Å². The Morgan fingerprint density at radius 1 is 1.23 bits per heavy atom. The molecule has 1 heterocycles. The van der Waals surface area contributed by atoms with E-state index in [4.69, 9.17) is 4.74 Å². The Bertz CT molecular complexity index is 292. The maximum Gasteiger partial charge on any atom is 0.138 e. The van der Waals surface area contributed by atoms with Gasteiger partial charge in [-0.15, -0.1) is 0 Å². The van der Waals surface area contributed by atoms with E-state index in [1.165, 1.54) is 0 Å². The van der Waals surface area contributed by atoms with Crippen LogP contribution in [0.2, 0.25) is 0 Å². The lowest BCUT2D eigenvalue weighted by molar-refractivity contribution is -0.128. The molecule has 0 aliphatic carbocycles. The smallest absolute Gasteiger partial charge is 0.138 e. The summed E-state index contributed by atoms with van der Waals surface area (Å²) in [5.41, 5.74) is 1.11. The molecule has 0 saturated carbocycles. The fourth-order valence-corrected chi connectivity index (χ4v) is 1.56. The van der Waals surface area contributed by atoms with Crippen LogP contribution in [0.3, 0.4) is 0 Å². The summed E-state index contributed by atoms with van der Waals surface area (Å²) >= 11 is 0. The van der Waals surface area contributed by atoms with E-state index in [2.05, 4.69) is 0 Å². The number of carbonyl (C=O) groups excluding carboxylic acids is 1. The molecule has 1 fully saturated rings. The highest BCUT2D eigenvalue weighted by atomic mass is 16.5. The maximum absolute atomic E-state index is 11.2. The van der Waals surface area contributed by atoms with Crippen molar-refractivity contribution in [2.75, 3.05) is 6.61 Å². The van der Waals surface area contributed by atoms with Gasteiger partial charge in [-0.2, -0.15) is 0 Å². The lowest BCUT2D eigenvalue weighted by Gasteiger charge is -2.21. The van der Waals surface area contributed by atoms with E-state index in [1.807, 2.05) is 30.3 Å². The number of Topliss-reactive ketones (excluding diaryl/α,β-unsaturated/α-hetero) is 1. The zero-order valence-corrected chi connectivity index (χ0v) is 7.40. The van der Waals surface area contributed by atoms with Crippen LogP contribution in [0.5, 0.6) is 0 Å². The summed E-state index contributed by atoms with van der Waals surface area (Å²) in [6, 6.07) is 9.91. The molecule has 1 atom stereocenters. The van der Waals surface area contributed by atoms with Gasteiger partial charge in [0.1, 0.15) is 5.78 Å². The first-order chi connectivity index (χ1) is 6.36. The molecule has 1 aromatic rings. The number of hydrogen-bond acceptors (Lipinski definition) is 2. The first-order valence-corrected chi connectivity index (χ1v) is 4.54. The summed E-state index contributed by atoms with van der Waals surface area (Å²) in [4.78, 5) is 11.2. The summed E-state index contributed by atoms with van der Waals surface area (Å²) in [5, 5.41) is 0. The summed E-state index contributed by atoms with van der Waals surface area (Å²) in [6.45, 7) is 0.568. The van der Waals surface area contributed by atoms with Gasteiger partial charge >= 0.3 is 0 Å². The van der Waals surface area contributed by atoms with Crippen LogP contribution in [-0.4, -0.2) is 12.4 Å². The Morgan fingerprint density at radius 2 is 2.00 bits per heavy atom. The van der Waals surface area contributed by atoms with Crippen LogP contribution in [-0.2, 0) is 9.53 Å². The van der Waals surface area contributed by atoms with Gasteiger partial charge in [0.05, 0.1) is 12.7 Å². The number of ether oxygens (including phenoxy) is 1. The van der Waals surface area contributed by atoms with Gasteiger partial charge in [-0.25, -0.2) is 0 Å². The van der Waals surface area contributed by atoms with Gasteiger partial charge in [0, 0.05) is 12.8 Å². The molecule has 0 aromatic heterocycles. The van der Waals surface area contributed by atoms with Crippen molar-refractivity contribution in [2.24, 2.45) is 0 Å². The number of carbonyl (C=O) groups is 1. The standard InChI is InChI=1S/C11H12O2/c12-10-6-7-13-11(8-10)9-4-2-1-3-5-9/h1-5,11H,6-8H2/t11-/m1/s1. The van der Waals surface area contributed by atoms with Gasteiger partial charge < -0.3 is 4.74 Å². The van der Waals surface area contributed by atoms with Crippen LogP contribution in [0.4, 0.5) is 0 Å². The minimum Gasteiger partial charge on any atom is -0.373 e. The topological polar surface area (TPSA) is 26.3 Å². The van der Waals surface area contributed by atoms with E-state index < -0.39 is 0 Å². The lowest BCUT2D eigenvalue weighted by Crippen LogP contribution is -2.19. The van der Waals surface area contributed by atoms with Gasteiger partial charge in [0.25, 0.3) is 0 Å². The highest BCUT2D eigenvalue weighted by Crippen LogP contribution is 2.25. The molecule has 1 aromatic carbocycles. The molecular formula is C11H12O2. The number of hydrogen-bond donors (Lipinski definition) is 0. The van der Waals surface area contributed by atoms with Crippen molar-refractivity contribution in [1.82, 2.24) is 0 Å². The van der Waals surface area contributed by atoms with Gasteiger partial charge in [0.15, 0.2) is 0 Å². The largest absolute Gasteiger partial charge is 0.373 e. The molecule has 68 valence electrons. The SMILES string of the molecule is O=C1CCO[C@@H](c2ccccc2)C1. The van der Waals surface area contributed by atoms with Crippen molar-refractivity contribution in [3.63, 3.8) is 0 Å². The van der Waals surface area contributed by atoms with Crippen molar-refractivity contribution < 1.29 is 9.53 Å². The second-order valence-corrected chi connectivity index (χ2v) is 3.26. The van der Waals surface area contributed by atoms with Crippen molar-refractivity contribution in [3.05, 3.63) is 35.9 Å². The Kier molecular flexibility index (Phi) is 2.41. The van der Waals surface area contributed by atoms with Gasteiger partial charge in [-0.1, -0.05) is 30.3 Å². The number of rotatable bonds is 1. The molecule has 0 spiro atoms. The quantitative estimate of drug-likeness (QED) is 0.655. The predicted octanol–water partition coefficient (Wildman–Crippen LogP) is 2.11. The summed E-state index contributed by atoms with van der Waals surface area (Å²) in [7, 11) is 0. The van der Waals surface area contributed by atoms with Crippen LogP contribution >= 0.6 is 0 Å². The predicted molar refractivity (Wildman–Crippen MR) is 49.4 cm³/mol. The van der Waals surface area contributed by atoms with E-state index in [0.29, 0.717) is 25.2 Å². The molecule has 0 N–H and O–H groups in total. The van der Waals surface area contributed by atoms with E-state index in [9.17, 15) is 4.79 Å². The van der Waals surface area contributed by atoms with Crippen molar-refractivity contribution in [1.29, 1.82) is 0 Å². The summed E-state index contributed by atoms with van der Waals surface area (Å²) < 4.78 is 5.51. The van der Waals surface area contributed by atoms with Crippen molar-refractivity contribution >= 4 is 5.78 Å². The Hall–Kier alpha value is -1.15. The molecular weight excluding hydrogens is 164 g/mol. The first-order valence-electron chi connectivity index (χ1n) is 4.54. The maximum atomic E-state index is 11.2. The lowest BCUT2D eigenvalue weighted by atomic mass is 10.0. The fourth-order valence-electron chi connectivity index (χ4n) is 1.56. The van der Waals surface area contributed by atoms with Crippen LogP contribution in [0.1, 0.15) is 24.5 Å². The molecule has 2 nitrogen and oxygen atoms in total. The summed E-state index contributed by atoms with van der Waals surface area (Å²) in [5.74, 6) is 0.306. The molecule has 0 amide bonds. The molecule has 0 radical (unpaired) electrons. The molecule has 2 heteroatoms. The molecule has 1 aliphatic heterocycles. The van der Waals surface area contributed by atoms with Crippen LogP contribution in [0.15, 0.2) is 30.3 Å². The third-order valence-corrected chi connectivity index (χ3v) is 2.28. The second kappa shape index (κ2) is 3.71. The Labute approximate surface area is 77.5 Å². The zero-order valence-electron chi connectivity index (χ0n) is 7.40.